The van der Waals surface area contributed by atoms with Crippen LogP contribution in [0.4, 0.5) is 4.39 Å². The predicted octanol–water partition coefficient (Wildman–Crippen LogP) is 6.22. The van der Waals surface area contributed by atoms with Crippen molar-refractivity contribution in [3.63, 3.8) is 0 Å². The fourth-order valence-corrected chi connectivity index (χ4v) is 5.03. The maximum atomic E-state index is 14.2. The van der Waals surface area contributed by atoms with Gasteiger partial charge in [-0.2, -0.15) is 5.10 Å². The van der Waals surface area contributed by atoms with E-state index >= 15 is 0 Å². The van der Waals surface area contributed by atoms with Crippen LogP contribution in [0, 0.1) is 17.7 Å². The van der Waals surface area contributed by atoms with Crippen molar-refractivity contribution >= 4 is 5.97 Å². The first kappa shape index (κ1) is 24.1. The topological polar surface area (TPSA) is 64.4 Å². The van der Waals surface area contributed by atoms with Gasteiger partial charge in [-0.1, -0.05) is 55.8 Å². The second-order valence-corrected chi connectivity index (χ2v) is 9.27. The van der Waals surface area contributed by atoms with E-state index < -0.39 is 5.97 Å². The fourth-order valence-electron chi connectivity index (χ4n) is 5.03. The Hall–Kier alpha value is -2.99. The molecule has 0 radical (unpaired) electrons. The molecule has 1 aliphatic rings. The molecule has 6 heteroatoms. The molecule has 1 aliphatic carbocycles. The van der Waals surface area contributed by atoms with Gasteiger partial charge in [0.2, 0.25) is 0 Å². The zero-order valence-electron chi connectivity index (χ0n) is 19.8. The first-order chi connectivity index (χ1) is 16.5. The molecule has 1 fully saturated rings. The van der Waals surface area contributed by atoms with Gasteiger partial charge in [0.05, 0.1) is 18.0 Å². The lowest BCUT2D eigenvalue weighted by molar-refractivity contribution is -0.142. The lowest BCUT2D eigenvalue weighted by Crippen LogP contribution is -2.23. The molecule has 34 heavy (non-hydrogen) atoms. The summed E-state index contributed by atoms with van der Waals surface area (Å²) in [5, 5.41) is 13.8. The highest BCUT2D eigenvalue weighted by molar-refractivity contribution is 5.83. The fraction of sp³-hybridized carbons (Fsp3) is 0.429. The average molecular weight is 465 g/mol. The van der Waals surface area contributed by atoms with E-state index in [2.05, 4.69) is 23.7 Å². The van der Waals surface area contributed by atoms with Gasteiger partial charge in [0.15, 0.2) is 0 Å². The van der Waals surface area contributed by atoms with Crippen LogP contribution in [0.3, 0.4) is 0 Å². The number of benzene rings is 2. The van der Waals surface area contributed by atoms with Crippen molar-refractivity contribution in [3.05, 3.63) is 66.1 Å². The van der Waals surface area contributed by atoms with Gasteiger partial charge < -0.3 is 9.84 Å². The van der Waals surface area contributed by atoms with E-state index in [1.807, 2.05) is 24.3 Å². The molecule has 1 aromatic heterocycles. The summed E-state index contributed by atoms with van der Waals surface area (Å²) in [6.45, 7) is 3.25. The third-order valence-electron chi connectivity index (χ3n) is 6.65. The molecule has 5 nitrogen and oxygen atoms in total. The van der Waals surface area contributed by atoms with Gasteiger partial charge >= 0.3 is 5.97 Å². The second kappa shape index (κ2) is 11.4. The molecule has 0 saturated heterocycles. The number of aryl methyl sites for hydroxylation is 1. The summed E-state index contributed by atoms with van der Waals surface area (Å²) in [7, 11) is 0. The van der Waals surface area contributed by atoms with Crippen LogP contribution in [0.15, 0.2) is 54.6 Å². The largest absolute Gasteiger partial charge is 0.480 e. The molecule has 0 bridgehead atoms. The van der Waals surface area contributed by atoms with E-state index in [4.69, 9.17) is 14.9 Å². The zero-order chi connectivity index (χ0) is 23.9. The minimum Gasteiger partial charge on any atom is -0.480 e. The molecule has 1 saturated carbocycles. The normalized spacial score (nSPS) is 18.2. The van der Waals surface area contributed by atoms with Gasteiger partial charge in [-0.05, 0) is 61.6 Å². The molecule has 0 amide bonds. The Bertz CT molecular complexity index is 1090. The Labute approximate surface area is 200 Å². The summed E-state index contributed by atoms with van der Waals surface area (Å²) in [5.74, 6) is -0.249. The summed E-state index contributed by atoms with van der Waals surface area (Å²) < 4.78 is 21.7. The van der Waals surface area contributed by atoms with Crippen molar-refractivity contribution in [2.75, 3.05) is 13.2 Å². The van der Waals surface area contributed by atoms with Crippen LogP contribution < -0.4 is 0 Å². The summed E-state index contributed by atoms with van der Waals surface area (Å²) in [6, 6.07) is 17.1. The van der Waals surface area contributed by atoms with Crippen molar-refractivity contribution in [2.24, 2.45) is 11.8 Å². The van der Waals surface area contributed by atoms with Crippen molar-refractivity contribution in [1.82, 2.24) is 9.78 Å². The Morgan fingerprint density at radius 3 is 2.44 bits per heavy atom. The number of halogens is 1. The quantitative estimate of drug-likeness (QED) is 0.387. The van der Waals surface area contributed by atoms with Gasteiger partial charge in [0.25, 0.3) is 0 Å². The van der Waals surface area contributed by atoms with Crippen molar-refractivity contribution < 1.29 is 19.0 Å². The number of carboxylic acid groups (broad SMARTS) is 1. The van der Waals surface area contributed by atoms with Crippen molar-refractivity contribution in [3.8, 4) is 22.4 Å². The number of aliphatic carboxylic acids is 1. The van der Waals surface area contributed by atoms with E-state index in [1.165, 1.54) is 6.07 Å². The highest BCUT2D eigenvalue weighted by Gasteiger charge is 2.26. The van der Waals surface area contributed by atoms with Gasteiger partial charge in [0.1, 0.15) is 12.4 Å². The molecule has 2 aromatic carbocycles. The molecule has 0 atom stereocenters. The molecule has 0 aliphatic heterocycles. The molecule has 1 heterocycles. The minimum atomic E-state index is -0.919. The lowest BCUT2D eigenvalue weighted by Gasteiger charge is -2.28. The van der Waals surface area contributed by atoms with Gasteiger partial charge in [0, 0.05) is 17.7 Å². The SMILES string of the molecule is CCCc1nn(C[C@H]2CC[C@@H](COCC(=O)O)CC2)c(-c2ccccc2)c1-c1cccc(F)c1. The number of aromatic nitrogens is 2. The molecule has 0 spiro atoms. The molecule has 1 N–H and O–H groups in total. The molecule has 3 aromatic rings. The number of carbonyl (C=O) groups is 1. The van der Waals surface area contributed by atoms with Crippen LogP contribution in [0.2, 0.25) is 0 Å². The van der Waals surface area contributed by atoms with Crippen LogP contribution in [0.5, 0.6) is 0 Å². The smallest absolute Gasteiger partial charge is 0.329 e. The molecule has 180 valence electrons. The second-order valence-electron chi connectivity index (χ2n) is 9.27. The van der Waals surface area contributed by atoms with E-state index in [-0.39, 0.29) is 12.4 Å². The first-order valence-electron chi connectivity index (χ1n) is 12.3. The van der Waals surface area contributed by atoms with E-state index in [9.17, 15) is 9.18 Å². The summed E-state index contributed by atoms with van der Waals surface area (Å²) in [5.41, 5.74) is 5.06. The third-order valence-corrected chi connectivity index (χ3v) is 6.65. The van der Waals surface area contributed by atoms with Gasteiger partial charge in [-0.15, -0.1) is 0 Å². The number of hydrogen-bond donors (Lipinski definition) is 1. The lowest BCUT2D eigenvalue weighted by atomic mass is 9.82. The van der Waals surface area contributed by atoms with Crippen LogP contribution in [-0.2, 0) is 22.5 Å². The van der Waals surface area contributed by atoms with Gasteiger partial charge in [-0.25, -0.2) is 9.18 Å². The Kier molecular flexibility index (Phi) is 8.12. The maximum Gasteiger partial charge on any atom is 0.329 e. The third kappa shape index (κ3) is 5.92. The monoisotopic (exact) mass is 464 g/mol. The molecular weight excluding hydrogens is 431 g/mol. The summed E-state index contributed by atoms with van der Waals surface area (Å²) in [4.78, 5) is 10.7. The minimum absolute atomic E-state index is 0.225. The first-order valence-corrected chi connectivity index (χ1v) is 12.3. The Morgan fingerprint density at radius 1 is 1.06 bits per heavy atom. The van der Waals surface area contributed by atoms with Crippen LogP contribution in [0.25, 0.3) is 22.4 Å². The van der Waals surface area contributed by atoms with Crippen LogP contribution in [0.1, 0.15) is 44.7 Å². The van der Waals surface area contributed by atoms with Crippen molar-refractivity contribution in [1.29, 1.82) is 0 Å². The van der Waals surface area contributed by atoms with E-state index in [1.54, 1.807) is 12.1 Å². The van der Waals surface area contributed by atoms with Crippen LogP contribution in [-0.4, -0.2) is 34.1 Å². The Balaban J connectivity index is 1.60. The maximum absolute atomic E-state index is 14.2. The highest BCUT2D eigenvalue weighted by atomic mass is 19.1. The van der Waals surface area contributed by atoms with Gasteiger partial charge in [-0.3, -0.25) is 4.68 Å². The van der Waals surface area contributed by atoms with E-state index in [0.29, 0.717) is 18.4 Å². The zero-order valence-corrected chi connectivity index (χ0v) is 19.8. The number of nitrogens with zero attached hydrogens (tertiary/aromatic N) is 2. The summed E-state index contributed by atoms with van der Waals surface area (Å²) >= 11 is 0. The molecular formula is C28H33FN2O3. The predicted molar refractivity (Wildman–Crippen MR) is 131 cm³/mol. The van der Waals surface area contributed by atoms with Crippen LogP contribution >= 0.6 is 0 Å². The Morgan fingerprint density at radius 2 is 1.76 bits per heavy atom. The average Bonchev–Trinajstić information content (AvgIpc) is 3.18. The number of rotatable bonds is 10. The van der Waals surface area contributed by atoms with E-state index in [0.717, 1.165) is 73.1 Å². The summed E-state index contributed by atoms with van der Waals surface area (Å²) in [6.07, 6.45) is 6.00. The highest BCUT2D eigenvalue weighted by Crippen LogP contribution is 2.38. The number of ether oxygens (including phenoxy) is 1. The number of hydrogen-bond acceptors (Lipinski definition) is 3. The molecule has 4 rings (SSSR count). The number of carboxylic acids is 1. The standard InChI is InChI=1S/C28H33FN2O3/c1-2-7-25-27(23-10-6-11-24(29)16-23)28(22-8-4-3-5-9-22)31(30-25)17-20-12-14-21(15-13-20)18-34-19-26(32)33/h3-6,8-11,16,20-21H,2,7,12-15,17-19H2,1H3,(H,32,33)/t20-,21+. The van der Waals surface area contributed by atoms with Crippen molar-refractivity contribution in [2.45, 2.75) is 52.0 Å². The molecule has 0 unspecified atom stereocenters.